The van der Waals surface area contributed by atoms with Crippen LogP contribution in [0.3, 0.4) is 0 Å². The topological polar surface area (TPSA) is 60.5 Å². The van der Waals surface area contributed by atoms with Gasteiger partial charge in [0, 0.05) is 16.5 Å². The minimum Gasteiger partial charge on any atom is -0.496 e. The Morgan fingerprint density at radius 1 is 1.22 bits per heavy atom. The van der Waals surface area contributed by atoms with Crippen LogP contribution in [0.15, 0.2) is 47.8 Å². The average Bonchev–Trinajstić information content (AvgIpc) is 3.09. The summed E-state index contributed by atoms with van der Waals surface area (Å²) >= 11 is 1.26. The van der Waals surface area contributed by atoms with Crippen molar-refractivity contribution in [2.75, 3.05) is 12.4 Å². The second-order valence-corrected chi connectivity index (χ2v) is 6.46. The molecule has 5 nitrogen and oxygen atoms in total. The number of ether oxygens (including phenoxy) is 2. The highest BCUT2D eigenvalue weighted by atomic mass is 32.1. The predicted octanol–water partition coefficient (Wildman–Crippen LogP) is 4.98. The molecule has 3 rings (SSSR count). The molecular formula is C19H16F2N2O3S. The molecule has 0 atom stereocenters. The number of alkyl halides is 2. The number of aromatic nitrogens is 1. The molecule has 27 heavy (non-hydrogen) atoms. The second-order valence-electron chi connectivity index (χ2n) is 5.60. The smallest absolute Gasteiger partial charge is 0.387 e. The number of carbonyl (C=O) groups is 1. The molecule has 3 aromatic rings. The number of aryl methyl sites for hydroxylation is 1. The van der Waals surface area contributed by atoms with Crippen LogP contribution in [0, 0.1) is 6.92 Å². The van der Waals surface area contributed by atoms with Gasteiger partial charge in [0.25, 0.3) is 5.91 Å². The Morgan fingerprint density at radius 2 is 2.04 bits per heavy atom. The lowest BCUT2D eigenvalue weighted by atomic mass is 10.1. The van der Waals surface area contributed by atoms with Crippen molar-refractivity contribution in [1.29, 1.82) is 0 Å². The highest BCUT2D eigenvalue weighted by molar-refractivity contribution is 7.14. The number of thiazole rings is 1. The van der Waals surface area contributed by atoms with Crippen LogP contribution in [-0.4, -0.2) is 24.6 Å². The van der Waals surface area contributed by atoms with Gasteiger partial charge in [-0.05, 0) is 37.3 Å². The molecule has 0 aliphatic carbocycles. The van der Waals surface area contributed by atoms with Crippen LogP contribution in [0.25, 0.3) is 11.3 Å². The number of amides is 1. The molecule has 0 bridgehead atoms. The molecule has 0 aliphatic heterocycles. The van der Waals surface area contributed by atoms with Crippen molar-refractivity contribution in [1.82, 2.24) is 4.98 Å². The molecule has 0 aliphatic rings. The standard InChI is InChI=1S/C19H16F2N2O3S/c1-11-6-7-16(25-2)14(8-11)15-10-27-19(22-15)23-17(24)12-4-3-5-13(9-12)26-18(20)21/h3-10,18H,1-2H3,(H,22,23,24). The molecule has 0 saturated heterocycles. The zero-order valence-corrected chi connectivity index (χ0v) is 15.3. The Balaban J connectivity index is 1.78. The maximum Gasteiger partial charge on any atom is 0.387 e. The lowest BCUT2D eigenvalue weighted by molar-refractivity contribution is -0.0498. The first kappa shape index (κ1) is 18.8. The van der Waals surface area contributed by atoms with Crippen LogP contribution in [0.1, 0.15) is 15.9 Å². The summed E-state index contributed by atoms with van der Waals surface area (Å²) in [4.78, 5) is 16.8. The number of halogens is 2. The Kier molecular flexibility index (Phi) is 5.66. The summed E-state index contributed by atoms with van der Waals surface area (Å²) in [5.74, 6) is 0.134. The second kappa shape index (κ2) is 8.13. The zero-order valence-electron chi connectivity index (χ0n) is 14.5. The summed E-state index contributed by atoms with van der Waals surface area (Å²) in [5, 5.41) is 4.86. The van der Waals surface area contributed by atoms with Crippen molar-refractivity contribution < 1.29 is 23.0 Å². The Labute approximate surface area is 158 Å². The number of anilines is 1. The van der Waals surface area contributed by atoms with Crippen LogP contribution in [0.5, 0.6) is 11.5 Å². The number of hydrogen-bond donors (Lipinski definition) is 1. The largest absolute Gasteiger partial charge is 0.496 e. The van der Waals surface area contributed by atoms with Gasteiger partial charge in [0.05, 0.1) is 12.8 Å². The fraction of sp³-hybridized carbons (Fsp3) is 0.158. The molecule has 0 radical (unpaired) electrons. The van der Waals surface area contributed by atoms with Gasteiger partial charge in [-0.2, -0.15) is 8.78 Å². The third kappa shape index (κ3) is 4.59. The molecule has 140 valence electrons. The van der Waals surface area contributed by atoms with Crippen molar-refractivity contribution in [3.8, 4) is 22.8 Å². The van der Waals surface area contributed by atoms with E-state index in [2.05, 4.69) is 15.0 Å². The lowest BCUT2D eigenvalue weighted by Crippen LogP contribution is -2.12. The van der Waals surface area contributed by atoms with Crippen molar-refractivity contribution in [3.05, 3.63) is 59.0 Å². The normalized spacial score (nSPS) is 10.7. The van der Waals surface area contributed by atoms with E-state index in [1.54, 1.807) is 7.11 Å². The maximum atomic E-state index is 12.4. The molecule has 1 amide bonds. The van der Waals surface area contributed by atoms with Gasteiger partial charge in [-0.3, -0.25) is 10.1 Å². The minimum atomic E-state index is -2.95. The molecule has 8 heteroatoms. The molecule has 1 N–H and O–H groups in total. The van der Waals surface area contributed by atoms with Crippen LogP contribution in [0.4, 0.5) is 13.9 Å². The van der Waals surface area contributed by atoms with Crippen LogP contribution in [-0.2, 0) is 0 Å². The van der Waals surface area contributed by atoms with Gasteiger partial charge < -0.3 is 9.47 Å². The SMILES string of the molecule is COc1ccc(C)cc1-c1csc(NC(=O)c2cccc(OC(F)F)c2)n1. The number of hydrogen-bond acceptors (Lipinski definition) is 5. The summed E-state index contributed by atoms with van der Waals surface area (Å²) in [5.41, 5.74) is 2.74. The minimum absolute atomic E-state index is 0.0815. The molecule has 0 spiro atoms. The van der Waals surface area contributed by atoms with E-state index in [9.17, 15) is 13.6 Å². The van der Waals surface area contributed by atoms with E-state index in [0.717, 1.165) is 11.1 Å². The summed E-state index contributed by atoms with van der Waals surface area (Å²) < 4.78 is 34.3. The summed E-state index contributed by atoms with van der Waals surface area (Å²) in [6.45, 7) is -0.985. The number of nitrogens with zero attached hydrogens (tertiary/aromatic N) is 1. The Bertz CT molecular complexity index is 960. The number of nitrogens with one attached hydrogen (secondary N) is 1. The number of rotatable bonds is 6. The quantitative estimate of drug-likeness (QED) is 0.645. The zero-order chi connectivity index (χ0) is 19.4. The van der Waals surface area contributed by atoms with Crippen LogP contribution in [0.2, 0.25) is 0 Å². The van der Waals surface area contributed by atoms with Crippen molar-refractivity contribution in [2.45, 2.75) is 13.5 Å². The van der Waals surface area contributed by atoms with Gasteiger partial charge in [0.2, 0.25) is 0 Å². The molecular weight excluding hydrogens is 374 g/mol. The fourth-order valence-corrected chi connectivity index (χ4v) is 3.17. The molecule has 0 saturated carbocycles. The van der Waals surface area contributed by atoms with Gasteiger partial charge in [-0.1, -0.05) is 17.7 Å². The Hall–Kier alpha value is -3.00. The van der Waals surface area contributed by atoms with E-state index in [-0.39, 0.29) is 11.3 Å². The average molecular weight is 390 g/mol. The third-order valence-corrected chi connectivity index (χ3v) is 4.43. The van der Waals surface area contributed by atoms with Crippen LogP contribution < -0.4 is 14.8 Å². The summed E-state index contributed by atoms with van der Waals surface area (Å²) in [6.07, 6.45) is 0. The number of methoxy groups -OCH3 is 1. The molecule has 1 aromatic heterocycles. The first-order valence-corrected chi connectivity index (χ1v) is 8.81. The van der Waals surface area contributed by atoms with E-state index in [1.165, 1.54) is 35.6 Å². The number of carbonyl (C=O) groups excluding carboxylic acids is 1. The van der Waals surface area contributed by atoms with E-state index in [4.69, 9.17) is 4.74 Å². The van der Waals surface area contributed by atoms with Gasteiger partial charge >= 0.3 is 6.61 Å². The van der Waals surface area contributed by atoms with Gasteiger partial charge in [0.15, 0.2) is 5.13 Å². The van der Waals surface area contributed by atoms with Gasteiger partial charge in [0.1, 0.15) is 11.5 Å². The molecule has 0 unspecified atom stereocenters. The Morgan fingerprint density at radius 3 is 2.78 bits per heavy atom. The van der Waals surface area contributed by atoms with E-state index >= 15 is 0 Å². The van der Waals surface area contributed by atoms with Gasteiger partial charge in [-0.15, -0.1) is 11.3 Å². The molecule has 2 aromatic carbocycles. The predicted molar refractivity (Wildman–Crippen MR) is 99.9 cm³/mol. The summed E-state index contributed by atoms with van der Waals surface area (Å²) in [6, 6.07) is 11.3. The maximum absolute atomic E-state index is 12.4. The fourth-order valence-electron chi connectivity index (χ4n) is 2.46. The van der Waals surface area contributed by atoms with Gasteiger partial charge in [-0.25, -0.2) is 4.98 Å². The monoisotopic (exact) mass is 390 g/mol. The van der Waals surface area contributed by atoms with Crippen molar-refractivity contribution in [3.63, 3.8) is 0 Å². The molecule has 1 heterocycles. The first-order chi connectivity index (χ1) is 13.0. The first-order valence-electron chi connectivity index (χ1n) is 7.93. The van der Waals surface area contributed by atoms with E-state index in [1.807, 2.05) is 30.5 Å². The summed E-state index contributed by atoms with van der Waals surface area (Å²) in [7, 11) is 1.58. The third-order valence-electron chi connectivity index (χ3n) is 3.68. The number of benzene rings is 2. The van der Waals surface area contributed by atoms with E-state index < -0.39 is 12.5 Å². The van der Waals surface area contributed by atoms with Crippen LogP contribution >= 0.6 is 11.3 Å². The highest BCUT2D eigenvalue weighted by Gasteiger charge is 2.14. The molecule has 0 fully saturated rings. The lowest BCUT2D eigenvalue weighted by Gasteiger charge is -2.07. The van der Waals surface area contributed by atoms with E-state index in [0.29, 0.717) is 16.6 Å². The van der Waals surface area contributed by atoms with Crippen molar-refractivity contribution in [2.24, 2.45) is 0 Å². The highest BCUT2D eigenvalue weighted by Crippen LogP contribution is 2.33. The van der Waals surface area contributed by atoms with Crippen molar-refractivity contribution >= 4 is 22.4 Å².